The van der Waals surface area contributed by atoms with E-state index in [1.54, 1.807) is 43.1 Å². The molecule has 4 rings (SSSR count). The lowest BCUT2D eigenvalue weighted by atomic mass is 10.1. The summed E-state index contributed by atoms with van der Waals surface area (Å²) in [6.07, 6.45) is -0.266. The minimum atomic E-state index is -4.43. The van der Waals surface area contributed by atoms with Crippen molar-refractivity contribution in [3.05, 3.63) is 60.6 Å². The van der Waals surface area contributed by atoms with E-state index in [0.29, 0.717) is 33.0 Å². The largest absolute Gasteiger partial charge is 0.493 e. The van der Waals surface area contributed by atoms with Crippen molar-refractivity contribution in [2.75, 3.05) is 14.2 Å². The van der Waals surface area contributed by atoms with Crippen LogP contribution in [0, 0.1) is 0 Å². The number of halogens is 3. The van der Waals surface area contributed by atoms with Crippen molar-refractivity contribution in [3.63, 3.8) is 0 Å². The highest BCUT2D eigenvalue weighted by molar-refractivity contribution is 7.99. The third kappa shape index (κ3) is 3.90. The third-order valence-corrected chi connectivity index (χ3v) is 5.22. The zero-order chi connectivity index (χ0) is 21.3. The quantitative estimate of drug-likeness (QED) is 0.415. The van der Waals surface area contributed by atoms with Crippen LogP contribution in [0.5, 0.6) is 11.5 Å². The second-order valence-electron chi connectivity index (χ2n) is 6.13. The number of fused-ring (bicyclic) bond motifs is 1. The first-order valence-corrected chi connectivity index (χ1v) is 9.48. The van der Waals surface area contributed by atoms with Crippen molar-refractivity contribution < 1.29 is 22.6 Å². The van der Waals surface area contributed by atoms with E-state index >= 15 is 0 Å². The summed E-state index contributed by atoms with van der Waals surface area (Å²) in [5.74, 6) is 1.14. The number of hydrogen-bond acceptors (Lipinski definition) is 6. The number of nitrogens with zero attached hydrogens (tertiary/aromatic N) is 4. The average molecular weight is 432 g/mol. The number of imidazole rings is 1. The van der Waals surface area contributed by atoms with E-state index in [4.69, 9.17) is 9.47 Å². The van der Waals surface area contributed by atoms with Crippen LogP contribution in [0.15, 0.2) is 65.2 Å². The fourth-order valence-electron chi connectivity index (χ4n) is 2.81. The molecule has 0 aliphatic heterocycles. The van der Waals surface area contributed by atoms with Crippen LogP contribution in [0.2, 0.25) is 0 Å². The fraction of sp³-hybridized carbons (Fsp3) is 0.150. The van der Waals surface area contributed by atoms with E-state index < -0.39 is 11.7 Å². The predicted molar refractivity (Wildman–Crippen MR) is 105 cm³/mol. The van der Waals surface area contributed by atoms with Gasteiger partial charge in [-0.15, -0.1) is 0 Å². The van der Waals surface area contributed by atoms with Crippen LogP contribution >= 0.6 is 11.8 Å². The number of alkyl halides is 3. The maximum Gasteiger partial charge on any atom is 0.417 e. The molecular weight excluding hydrogens is 417 g/mol. The molecule has 0 aliphatic rings. The summed E-state index contributed by atoms with van der Waals surface area (Å²) in [6.45, 7) is 0. The molecule has 0 bridgehead atoms. The molecule has 3 aromatic heterocycles. The van der Waals surface area contributed by atoms with Crippen molar-refractivity contribution in [1.82, 2.24) is 19.4 Å². The monoisotopic (exact) mass is 432 g/mol. The highest BCUT2D eigenvalue weighted by Crippen LogP contribution is 2.34. The van der Waals surface area contributed by atoms with Crippen LogP contribution in [0.1, 0.15) is 5.56 Å². The van der Waals surface area contributed by atoms with Gasteiger partial charge in [0.1, 0.15) is 10.7 Å². The van der Waals surface area contributed by atoms with E-state index in [9.17, 15) is 13.2 Å². The van der Waals surface area contributed by atoms with Gasteiger partial charge in [0.05, 0.1) is 25.5 Å². The lowest BCUT2D eigenvalue weighted by molar-refractivity contribution is -0.137. The molecule has 0 saturated heterocycles. The SMILES string of the molecule is COc1ccc(-c2cc3nccn3c(Sc3ccc(C(F)(F)F)cn3)n2)cc1OC. The Morgan fingerprint density at radius 3 is 2.43 bits per heavy atom. The van der Waals surface area contributed by atoms with Crippen molar-refractivity contribution in [3.8, 4) is 22.8 Å². The van der Waals surface area contributed by atoms with Gasteiger partial charge in [-0.25, -0.2) is 15.0 Å². The number of hydrogen-bond donors (Lipinski definition) is 0. The van der Waals surface area contributed by atoms with Crippen LogP contribution in [0.4, 0.5) is 13.2 Å². The molecule has 4 aromatic rings. The molecule has 0 N–H and O–H groups in total. The molecule has 0 unspecified atom stereocenters. The standard InChI is InChI=1S/C20H15F3N4O2S/c1-28-15-5-3-12(9-16(15)29-2)14-10-17-24-7-8-27(17)19(26-14)30-18-6-4-13(11-25-18)20(21,22)23/h3-11H,1-2H3. The Bertz CT molecular complexity index is 1190. The maximum atomic E-state index is 12.8. The minimum absolute atomic E-state index is 0.384. The summed E-state index contributed by atoms with van der Waals surface area (Å²) in [6, 6.07) is 9.54. The summed E-state index contributed by atoms with van der Waals surface area (Å²) in [4.78, 5) is 12.9. The number of pyridine rings is 1. The van der Waals surface area contributed by atoms with Gasteiger partial charge in [-0.2, -0.15) is 13.2 Å². The van der Waals surface area contributed by atoms with Gasteiger partial charge < -0.3 is 9.47 Å². The molecule has 0 saturated carbocycles. The van der Waals surface area contributed by atoms with Gasteiger partial charge in [0.25, 0.3) is 0 Å². The molecule has 0 spiro atoms. The molecule has 0 atom stereocenters. The highest BCUT2D eigenvalue weighted by Gasteiger charge is 2.30. The molecule has 0 amide bonds. The molecule has 30 heavy (non-hydrogen) atoms. The van der Waals surface area contributed by atoms with Gasteiger partial charge in [-0.1, -0.05) is 0 Å². The summed E-state index contributed by atoms with van der Waals surface area (Å²) in [5, 5.41) is 0.900. The molecule has 0 aliphatic carbocycles. The van der Waals surface area contributed by atoms with Gasteiger partial charge in [0.15, 0.2) is 16.7 Å². The summed E-state index contributed by atoms with van der Waals surface area (Å²) < 4.78 is 50.7. The molecule has 1 aromatic carbocycles. The van der Waals surface area contributed by atoms with Crippen molar-refractivity contribution >= 4 is 17.4 Å². The molecule has 0 radical (unpaired) electrons. The van der Waals surface area contributed by atoms with Crippen molar-refractivity contribution in [2.24, 2.45) is 0 Å². The molecule has 6 nitrogen and oxygen atoms in total. The zero-order valence-corrected chi connectivity index (χ0v) is 16.7. The Labute approximate surface area is 173 Å². The fourth-order valence-corrected chi connectivity index (χ4v) is 3.64. The van der Waals surface area contributed by atoms with E-state index in [1.807, 2.05) is 12.1 Å². The number of aromatic nitrogens is 4. The Kier molecular flexibility index (Phi) is 5.25. The Morgan fingerprint density at radius 1 is 0.967 bits per heavy atom. The second kappa shape index (κ2) is 7.86. The van der Waals surface area contributed by atoms with E-state index in [2.05, 4.69) is 15.0 Å². The smallest absolute Gasteiger partial charge is 0.417 e. The maximum absolute atomic E-state index is 12.8. The van der Waals surface area contributed by atoms with Gasteiger partial charge >= 0.3 is 6.18 Å². The zero-order valence-electron chi connectivity index (χ0n) is 15.8. The molecular formula is C20H15F3N4O2S. The number of benzene rings is 1. The summed E-state index contributed by atoms with van der Waals surface area (Å²) in [5.41, 5.74) is 1.25. The molecule has 3 heterocycles. The number of methoxy groups -OCH3 is 2. The minimum Gasteiger partial charge on any atom is -0.493 e. The Morgan fingerprint density at radius 2 is 1.77 bits per heavy atom. The third-order valence-electron chi connectivity index (χ3n) is 4.30. The van der Waals surface area contributed by atoms with E-state index in [-0.39, 0.29) is 0 Å². The molecule has 10 heteroatoms. The lowest BCUT2D eigenvalue weighted by Crippen LogP contribution is -2.05. The van der Waals surface area contributed by atoms with Crippen LogP contribution in [-0.4, -0.2) is 33.6 Å². The topological polar surface area (TPSA) is 61.5 Å². The average Bonchev–Trinajstić information content (AvgIpc) is 3.22. The van der Waals surface area contributed by atoms with Crippen molar-refractivity contribution in [1.29, 1.82) is 0 Å². The summed E-state index contributed by atoms with van der Waals surface area (Å²) in [7, 11) is 3.10. The normalized spacial score (nSPS) is 11.6. The lowest BCUT2D eigenvalue weighted by Gasteiger charge is -2.11. The van der Waals surface area contributed by atoms with E-state index in [1.165, 1.54) is 6.07 Å². The van der Waals surface area contributed by atoms with Crippen LogP contribution < -0.4 is 9.47 Å². The first-order valence-electron chi connectivity index (χ1n) is 8.66. The number of ether oxygens (including phenoxy) is 2. The first kappa shape index (κ1) is 20.0. The van der Waals surface area contributed by atoms with Gasteiger partial charge in [0.2, 0.25) is 0 Å². The van der Waals surface area contributed by atoms with Gasteiger partial charge in [0, 0.05) is 30.2 Å². The highest BCUT2D eigenvalue weighted by atomic mass is 32.2. The molecule has 0 fully saturated rings. The Hall–Kier alpha value is -3.27. The number of rotatable bonds is 5. The van der Waals surface area contributed by atoms with Crippen molar-refractivity contribution in [2.45, 2.75) is 16.4 Å². The summed E-state index contributed by atoms with van der Waals surface area (Å²) >= 11 is 1.14. The first-order chi connectivity index (χ1) is 14.4. The molecule has 154 valence electrons. The van der Waals surface area contributed by atoms with Crippen LogP contribution in [0.3, 0.4) is 0 Å². The predicted octanol–water partition coefficient (Wildman–Crippen LogP) is 4.98. The van der Waals surface area contributed by atoms with Crippen LogP contribution in [0.25, 0.3) is 16.9 Å². The second-order valence-corrected chi connectivity index (χ2v) is 7.12. The Balaban J connectivity index is 1.73. The van der Waals surface area contributed by atoms with Gasteiger partial charge in [-0.3, -0.25) is 4.40 Å². The van der Waals surface area contributed by atoms with Gasteiger partial charge in [-0.05, 0) is 42.1 Å². The van der Waals surface area contributed by atoms with Crippen LogP contribution in [-0.2, 0) is 6.18 Å². The van der Waals surface area contributed by atoms with E-state index in [0.717, 1.165) is 29.6 Å².